The van der Waals surface area contributed by atoms with Crippen molar-refractivity contribution < 1.29 is 0 Å². The van der Waals surface area contributed by atoms with Crippen LogP contribution < -0.4 is 5.32 Å². The average molecular weight is 216 g/mol. The first-order valence-electron chi connectivity index (χ1n) is 4.20. The fourth-order valence-corrected chi connectivity index (χ4v) is 2.20. The summed E-state index contributed by atoms with van der Waals surface area (Å²) < 4.78 is 0. The molecule has 0 heterocycles. The molecule has 0 fully saturated rings. The highest BCUT2D eigenvalue weighted by Crippen LogP contribution is 2.24. The Morgan fingerprint density at radius 3 is 2.69 bits per heavy atom. The highest BCUT2D eigenvalue weighted by atomic mass is 35.5. The van der Waals surface area contributed by atoms with Gasteiger partial charge in [-0.25, -0.2) is 0 Å². The van der Waals surface area contributed by atoms with E-state index < -0.39 is 0 Å². The zero-order chi connectivity index (χ0) is 9.68. The third kappa shape index (κ3) is 2.90. The predicted molar refractivity (Wildman–Crippen MR) is 61.6 cm³/mol. The zero-order valence-corrected chi connectivity index (χ0v) is 9.45. The molecule has 0 aliphatic heterocycles. The second kappa shape index (κ2) is 5.53. The lowest BCUT2D eigenvalue weighted by Crippen LogP contribution is -2.18. The van der Waals surface area contributed by atoms with Crippen LogP contribution in [0.5, 0.6) is 0 Å². The molecular formula is C10H14ClNS. The van der Waals surface area contributed by atoms with E-state index in [-0.39, 0.29) is 0 Å². The Kier molecular flexibility index (Phi) is 4.64. The van der Waals surface area contributed by atoms with Crippen molar-refractivity contribution in [3.8, 4) is 0 Å². The van der Waals surface area contributed by atoms with Gasteiger partial charge in [-0.15, -0.1) is 0 Å². The van der Waals surface area contributed by atoms with Crippen LogP contribution in [0.25, 0.3) is 0 Å². The Morgan fingerprint density at radius 2 is 2.15 bits per heavy atom. The van der Waals surface area contributed by atoms with Crippen LogP contribution in [0.2, 0.25) is 5.02 Å². The average Bonchev–Trinajstić information content (AvgIpc) is 2.16. The summed E-state index contributed by atoms with van der Waals surface area (Å²) in [5, 5.41) is 4.10. The first kappa shape index (κ1) is 10.9. The summed E-state index contributed by atoms with van der Waals surface area (Å²) in [6, 6.07) is 8.33. The Bertz CT molecular complexity index is 265. The van der Waals surface area contributed by atoms with Crippen LogP contribution in [0, 0.1) is 0 Å². The van der Waals surface area contributed by atoms with Gasteiger partial charge >= 0.3 is 0 Å². The molecule has 0 saturated carbocycles. The molecule has 1 nitrogen and oxygen atoms in total. The summed E-state index contributed by atoms with van der Waals surface area (Å²) in [5.74, 6) is 1.04. The van der Waals surface area contributed by atoms with Gasteiger partial charge in [-0.3, -0.25) is 0 Å². The molecule has 0 aromatic heterocycles. The van der Waals surface area contributed by atoms with Crippen LogP contribution in [-0.2, 0) is 0 Å². The maximum Gasteiger partial charge on any atom is 0.0454 e. The number of hydrogen-bond donors (Lipinski definition) is 1. The van der Waals surface area contributed by atoms with Crippen molar-refractivity contribution in [2.45, 2.75) is 6.04 Å². The Morgan fingerprint density at radius 1 is 1.46 bits per heavy atom. The fraction of sp³-hybridized carbons (Fsp3) is 0.400. The molecule has 13 heavy (non-hydrogen) atoms. The summed E-state index contributed by atoms with van der Waals surface area (Å²) in [5.41, 5.74) is 1.18. The predicted octanol–water partition coefficient (Wildman–Crippen LogP) is 2.96. The van der Waals surface area contributed by atoms with Crippen molar-refractivity contribution in [2.75, 3.05) is 19.1 Å². The van der Waals surface area contributed by atoms with Gasteiger partial charge in [0.05, 0.1) is 0 Å². The van der Waals surface area contributed by atoms with Crippen molar-refractivity contribution >= 4 is 23.4 Å². The van der Waals surface area contributed by atoms with Gasteiger partial charge in [0, 0.05) is 16.8 Å². The maximum atomic E-state index is 6.08. The smallest absolute Gasteiger partial charge is 0.0454 e. The first-order chi connectivity index (χ1) is 6.29. The van der Waals surface area contributed by atoms with Gasteiger partial charge in [0.25, 0.3) is 0 Å². The third-order valence-electron chi connectivity index (χ3n) is 1.96. The minimum absolute atomic E-state index is 0.351. The minimum Gasteiger partial charge on any atom is -0.312 e. The van der Waals surface area contributed by atoms with E-state index in [1.54, 1.807) is 0 Å². The van der Waals surface area contributed by atoms with Crippen molar-refractivity contribution in [3.63, 3.8) is 0 Å². The molecule has 1 aromatic rings. The quantitative estimate of drug-likeness (QED) is 0.829. The molecule has 1 atom stereocenters. The Labute approximate surface area is 88.9 Å². The number of hydrogen-bond acceptors (Lipinski definition) is 2. The molecule has 0 radical (unpaired) electrons. The van der Waals surface area contributed by atoms with Crippen molar-refractivity contribution in [2.24, 2.45) is 0 Å². The number of rotatable bonds is 4. The summed E-state index contributed by atoms with van der Waals surface area (Å²) in [6.07, 6.45) is 2.10. The van der Waals surface area contributed by atoms with Gasteiger partial charge in [0.1, 0.15) is 0 Å². The molecule has 0 bridgehead atoms. The standard InChI is InChI=1S/C10H14ClNS/c1-12-10(7-13-2)8-5-3-4-6-9(8)11/h3-6,10,12H,7H2,1-2H3. The number of benzene rings is 1. The largest absolute Gasteiger partial charge is 0.312 e. The van der Waals surface area contributed by atoms with Crippen molar-refractivity contribution in [3.05, 3.63) is 34.9 Å². The van der Waals surface area contributed by atoms with Gasteiger partial charge in [0.2, 0.25) is 0 Å². The molecule has 1 N–H and O–H groups in total. The van der Waals surface area contributed by atoms with Crippen LogP contribution in [0.15, 0.2) is 24.3 Å². The maximum absolute atomic E-state index is 6.08. The van der Waals surface area contributed by atoms with E-state index in [1.165, 1.54) is 5.56 Å². The van der Waals surface area contributed by atoms with Gasteiger partial charge in [-0.1, -0.05) is 29.8 Å². The van der Waals surface area contributed by atoms with Gasteiger partial charge in [-0.2, -0.15) is 11.8 Å². The zero-order valence-electron chi connectivity index (χ0n) is 7.88. The molecule has 72 valence electrons. The lowest BCUT2D eigenvalue weighted by molar-refractivity contribution is 0.662. The van der Waals surface area contributed by atoms with E-state index in [4.69, 9.17) is 11.6 Å². The lowest BCUT2D eigenvalue weighted by Gasteiger charge is -2.16. The summed E-state index contributed by atoms with van der Waals surface area (Å²) in [6.45, 7) is 0. The monoisotopic (exact) mass is 215 g/mol. The van der Waals surface area contributed by atoms with Crippen LogP contribution in [0.1, 0.15) is 11.6 Å². The second-order valence-corrected chi connectivity index (χ2v) is 4.14. The second-order valence-electron chi connectivity index (χ2n) is 2.82. The molecule has 0 aliphatic rings. The molecule has 0 aliphatic carbocycles. The van der Waals surface area contributed by atoms with E-state index in [1.807, 2.05) is 37.0 Å². The molecule has 3 heteroatoms. The molecule has 0 amide bonds. The van der Waals surface area contributed by atoms with Crippen LogP contribution in [0.4, 0.5) is 0 Å². The molecule has 1 aromatic carbocycles. The highest BCUT2D eigenvalue weighted by molar-refractivity contribution is 7.98. The fourth-order valence-electron chi connectivity index (χ4n) is 1.25. The Balaban J connectivity index is 2.84. The van der Waals surface area contributed by atoms with Crippen LogP contribution in [0.3, 0.4) is 0 Å². The van der Waals surface area contributed by atoms with Crippen molar-refractivity contribution in [1.29, 1.82) is 0 Å². The number of halogens is 1. The van der Waals surface area contributed by atoms with Crippen LogP contribution >= 0.6 is 23.4 Å². The van der Waals surface area contributed by atoms with E-state index in [0.717, 1.165) is 10.8 Å². The molecular weight excluding hydrogens is 202 g/mol. The molecule has 1 unspecified atom stereocenters. The number of nitrogens with one attached hydrogen (secondary N) is 1. The summed E-state index contributed by atoms with van der Waals surface area (Å²) >= 11 is 7.90. The molecule has 0 spiro atoms. The SMILES string of the molecule is CNC(CSC)c1ccccc1Cl. The summed E-state index contributed by atoms with van der Waals surface area (Å²) in [7, 11) is 1.96. The topological polar surface area (TPSA) is 12.0 Å². The molecule has 0 saturated heterocycles. The first-order valence-corrected chi connectivity index (χ1v) is 5.97. The van der Waals surface area contributed by atoms with E-state index >= 15 is 0 Å². The van der Waals surface area contributed by atoms with Crippen LogP contribution in [-0.4, -0.2) is 19.1 Å². The summed E-state index contributed by atoms with van der Waals surface area (Å²) in [4.78, 5) is 0. The van der Waals surface area contributed by atoms with E-state index in [2.05, 4.69) is 17.6 Å². The normalized spacial score (nSPS) is 12.8. The molecule has 1 rings (SSSR count). The van der Waals surface area contributed by atoms with Gasteiger partial charge in [0.15, 0.2) is 0 Å². The van der Waals surface area contributed by atoms with Gasteiger partial charge < -0.3 is 5.32 Å². The van der Waals surface area contributed by atoms with Gasteiger partial charge in [-0.05, 0) is 24.9 Å². The highest BCUT2D eigenvalue weighted by Gasteiger charge is 2.10. The Hall–Kier alpha value is -0.180. The van der Waals surface area contributed by atoms with Crippen molar-refractivity contribution in [1.82, 2.24) is 5.32 Å². The third-order valence-corrected chi connectivity index (χ3v) is 2.97. The van der Waals surface area contributed by atoms with E-state index in [0.29, 0.717) is 6.04 Å². The minimum atomic E-state index is 0.351. The number of thioether (sulfide) groups is 1. The lowest BCUT2D eigenvalue weighted by atomic mass is 10.1. The van der Waals surface area contributed by atoms with E-state index in [9.17, 15) is 0 Å².